The van der Waals surface area contributed by atoms with Gasteiger partial charge in [0.05, 0.1) is 21.3 Å². The van der Waals surface area contributed by atoms with Gasteiger partial charge in [0.15, 0.2) is 17.6 Å². The lowest BCUT2D eigenvalue weighted by atomic mass is 10.1. The van der Waals surface area contributed by atoms with Gasteiger partial charge in [-0.2, -0.15) is 0 Å². The van der Waals surface area contributed by atoms with Crippen LogP contribution in [-0.4, -0.2) is 45.4 Å². The maximum Gasteiger partial charge on any atom is 0.342 e. The number of methoxy groups -OCH3 is 3. The molecule has 7 nitrogen and oxygen atoms in total. The minimum Gasteiger partial charge on any atom is -0.496 e. The highest BCUT2D eigenvalue weighted by atomic mass is 16.6. The minimum atomic E-state index is -0.963. The molecule has 0 spiro atoms. The zero-order valence-electron chi connectivity index (χ0n) is 18.1. The second-order valence-electron chi connectivity index (χ2n) is 6.89. The summed E-state index contributed by atoms with van der Waals surface area (Å²) < 4.78 is 21.0. The van der Waals surface area contributed by atoms with Crippen molar-refractivity contribution in [2.75, 3.05) is 21.3 Å². The van der Waals surface area contributed by atoms with Gasteiger partial charge < -0.3 is 24.3 Å². The highest BCUT2D eigenvalue weighted by molar-refractivity contribution is 5.95. The second-order valence-corrected chi connectivity index (χ2v) is 6.89. The van der Waals surface area contributed by atoms with Crippen LogP contribution in [0.15, 0.2) is 42.5 Å². The molecule has 0 aromatic heterocycles. The van der Waals surface area contributed by atoms with E-state index < -0.39 is 12.1 Å². The van der Waals surface area contributed by atoms with E-state index in [9.17, 15) is 9.59 Å². The van der Waals surface area contributed by atoms with Crippen molar-refractivity contribution in [1.82, 2.24) is 5.32 Å². The molecule has 0 heterocycles. The summed E-state index contributed by atoms with van der Waals surface area (Å²) in [5, 5.41) is 2.88. The molecule has 0 aliphatic rings. The molecule has 2 aromatic rings. The predicted molar refractivity (Wildman–Crippen MR) is 113 cm³/mol. The Morgan fingerprint density at radius 2 is 1.50 bits per heavy atom. The van der Waals surface area contributed by atoms with Crippen molar-refractivity contribution in [3.63, 3.8) is 0 Å². The highest BCUT2D eigenvalue weighted by Gasteiger charge is 2.24. The molecule has 0 bridgehead atoms. The van der Waals surface area contributed by atoms with Gasteiger partial charge in [0.2, 0.25) is 0 Å². The first-order valence-corrected chi connectivity index (χ1v) is 9.74. The summed E-state index contributed by atoms with van der Waals surface area (Å²) in [4.78, 5) is 25.1. The van der Waals surface area contributed by atoms with Crippen LogP contribution in [0.25, 0.3) is 0 Å². The van der Waals surface area contributed by atoms with Gasteiger partial charge in [-0.15, -0.1) is 0 Å². The van der Waals surface area contributed by atoms with E-state index in [0.717, 1.165) is 12.8 Å². The smallest absolute Gasteiger partial charge is 0.342 e. The lowest BCUT2D eigenvalue weighted by molar-refractivity contribution is -0.129. The van der Waals surface area contributed by atoms with Crippen LogP contribution in [-0.2, 0) is 16.0 Å². The van der Waals surface area contributed by atoms with E-state index in [0.29, 0.717) is 11.5 Å². The van der Waals surface area contributed by atoms with E-state index in [1.165, 1.54) is 45.9 Å². The molecule has 0 aliphatic carbocycles. The first-order valence-electron chi connectivity index (χ1n) is 9.74. The number of hydrogen-bond donors (Lipinski definition) is 1. The molecule has 30 heavy (non-hydrogen) atoms. The Labute approximate surface area is 177 Å². The fraction of sp³-hybridized carbons (Fsp3) is 0.391. The van der Waals surface area contributed by atoms with Gasteiger partial charge in [-0.25, -0.2) is 4.79 Å². The third-order valence-electron chi connectivity index (χ3n) is 4.68. The SMILES string of the molecule is COc1cc(OC)c(C(=O)O[C@H](C)C(=O)N[C@H](C)CCc2ccccc2)cc1OC. The van der Waals surface area contributed by atoms with Crippen molar-refractivity contribution in [2.24, 2.45) is 0 Å². The monoisotopic (exact) mass is 415 g/mol. The molecular formula is C23H29NO6. The molecule has 2 aromatic carbocycles. The Morgan fingerprint density at radius 1 is 0.900 bits per heavy atom. The zero-order chi connectivity index (χ0) is 22.1. The number of aryl methyl sites for hydroxylation is 1. The number of amides is 1. The van der Waals surface area contributed by atoms with Crippen LogP contribution in [0.2, 0.25) is 0 Å². The Kier molecular flexibility index (Phi) is 8.53. The first kappa shape index (κ1) is 23.1. The summed E-state index contributed by atoms with van der Waals surface area (Å²) in [5.41, 5.74) is 1.35. The normalized spacial score (nSPS) is 12.4. The van der Waals surface area contributed by atoms with Crippen molar-refractivity contribution in [2.45, 2.75) is 38.8 Å². The number of esters is 1. The summed E-state index contributed by atoms with van der Waals surface area (Å²) in [6, 6.07) is 13.0. The van der Waals surface area contributed by atoms with Crippen molar-refractivity contribution in [3.8, 4) is 17.2 Å². The van der Waals surface area contributed by atoms with Crippen LogP contribution < -0.4 is 19.5 Å². The van der Waals surface area contributed by atoms with E-state index in [1.54, 1.807) is 0 Å². The first-order chi connectivity index (χ1) is 14.4. The van der Waals surface area contributed by atoms with Gasteiger partial charge in [-0.05, 0) is 32.3 Å². The summed E-state index contributed by atoms with van der Waals surface area (Å²) in [7, 11) is 4.38. The third-order valence-corrected chi connectivity index (χ3v) is 4.68. The topological polar surface area (TPSA) is 83.1 Å². The van der Waals surface area contributed by atoms with E-state index in [-0.39, 0.29) is 23.3 Å². The summed E-state index contributed by atoms with van der Waals surface area (Å²) in [6.07, 6.45) is 0.661. The van der Waals surface area contributed by atoms with E-state index in [4.69, 9.17) is 18.9 Å². The molecule has 7 heteroatoms. The highest BCUT2D eigenvalue weighted by Crippen LogP contribution is 2.35. The van der Waals surface area contributed by atoms with Gasteiger partial charge in [0.25, 0.3) is 5.91 Å². The zero-order valence-corrected chi connectivity index (χ0v) is 18.1. The van der Waals surface area contributed by atoms with E-state index in [2.05, 4.69) is 17.4 Å². The van der Waals surface area contributed by atoms with E-state index in [1.807, 2.05) is 25.1 Å². The van der Waals surface area contributed by atoms with Crippen LogP contribution >= 0.6 is 0 Å². The number of benzene rings is 2. The summed E-state index contributed by atoms with van der Waals surface area (Å²) in [6.45, 7) is 3.46. The average molecular weight is 415 g/mol. The van der Waals surface area contributed by atoms with Crippen LogP contribution in [0, 0.1) is 0 Å². The number of rotatable bonds is 10. The van der Waals surface area contributed by atoms with Gasteiger partial charge in [-0.1, -0.05) is 30.3 Å². The number of ether oxygens (including phenoxy) is 4. The van der Waals surface area contributed by atoms with Gasteiger partial charge >= 0.3 is 5.97 Å². The van der Waals surface area contributed by atoms with Crippen molar-refractivity contribution < 1.29 is 28.5 Å². The largest absolute Gasteiger partial charge is 0.496 e. The van der Waals surface area contributed by atoms with Crippen LogP contribution in [0.5, 0.6) is 17.2 Å². The maximum absolute atomic E-state index is 12.6. The lowest BCUT2D eigenvalue weighted by Crippen LogP contribution is -2.41. The van der Waals surface area contributed by atoms with E-state index >= 15 is 0 Å². The molecule has 1 amide bonds. The van der Waals surface area contributed by atoms with Crippen molar-refractivity contribution in [1.29, 1.82) is 0 Å². The van der Waals surface area contributed by atoms with Gasteiger partial charge in [0.1, 0.15) is 11.3 Å². The number of carbonyl (C=O) groups excluding carboxylic acids is 2. The van der Waals surface area contributed by atoms with Crippen molar-refractivity contribution >= 4 is 11.9 Å². The Hall–Kier alpha value is -3.22. The molecular weight excluding hydrogens is 386 g/mol. The molecule has 2 atom stereocenters. The molecule has 0 radical (unpaired) electrons. The molecule has 2 rings (SSSR count). The second kappa shape index (κ2) is 11.1. The van der Waals surface area contributed by atoms with Crippen LogP contribution in [0.4, 0.5) is 0 Å². The number of carbonyl (C=O) groups is 2. The summed E-state index contributed by atoms with van der Waals surface area (Å²) >= 11 is 0. The van der Waals surface area contributed by atoms with Crippen LogP contribution in [0.3, 0.4) is 0 Å². The Balaban J connectivity index is 1.96. The maximum atomic E-state index is 12.6. The Morgan fingerprint density at radius 3 is 2.10 bits per heavy atom. The number of nitrogens with one attached hydrogen (secondary N) is 1. The molecule has 1 N–H and O–H groups in total. The summed E-state index contributed by atoms with van der Waals surface area (Å²) in [5.74, 6) is -0.00180. The molecule has 0 aliphatic heterocycles. The Bertz CT molecular complexity index is 852. The lowest BCUT2D eigenvalue weighted by Gasteiger charge is -2.19. The fourth-order valence-electron chi connectivity index (χ4n) is 2.93. The fourth-order valence-corrected chi connectivity index (χ4v) is 2.93. The van der Waals surface area contributed by atoms with Gasteiger partial charge in [0, 0.05) is 18.2 Å². The predicted octanol–water partition coefficient (Wildman–Crippen LogP) is 3.40. The third kappa shape index (κ3) is 6.14. The molecule has 0 saturated heterocycles. The molecule has 0 fully saturated rings. The minimum absolute atomic E-state index is 0.0607. The number of hydrogen-bond acceptors (Lipinski definition) is 6. The van der Waals surface area contributed by atoms with Gasteiger partial charge in [-0.3, -0.25) is 4.79 Å². The molecule has 0 saturated carbocycles. The average Bonchev–Trinajstić information content (AvgIpc) is 2.77. The quantitative estimate of drug-likeness (QED) is 0.599. The van der Waals surface area contributed by atoms with Crippen molar-refractivity contribution in [3.05, 3.63) is 53.6 Å². The van der Waals surface area contributed by atoms with Crippen LogP contribution in [0.1, 0.15) is 36.2 Å². The molecule has 162 valence electrons. The standard InChI is InChI=1S/C23H29NO6/c1-15(11-12-17-9-7-6-8-10-17)24-22(25)16(2)30-23(26)18-13-20(28-4)21(29-5)14-19(18)27-3/h6-10,13-16H,11-12H2,1-5H3,(H,24,25)/t15-,16-/m1/s1. The molecule has 0 unspecified atom stereocenters.